The van der Waals surface area contributed by atoms with E-state index in [2.05, 4.69) is 0 Å². The lowest BCUT2D eigenvalue weighted by Crippen LogP contribution is -2.59. The molecule has 1 unspecified atom stereocenters. The van der Waals surface area contributed by atoms with Crippen LogP contribution in [0.3, 0.4) is 0 Å². The number of aliphatic carboxylic acids is 1. The molecule has 1 aromatic carbocycles. The molecular weight excluding hydrogens is 338 g/mol. The minimum atomic E-state index is -4.65. The third-order valence-electron chi connectivity index (χ3n) is 4.80. The van der Waals surface area contributed by atoms with Crippen LogP contribution in [-0.2, 0) is 16.5 Å². The van der Waals surface area contributed by atoms with Crippen LogP contribution >= 0.6 is 0 Å². The molecule has 1 N–H and O–H groups in total. The first-order valence-electron chi connectivity index (χ1n) is 7.84. The highest BCUT2D eigenvalue weighted by Gasteiger charge is 2.46. The molecule has 1 atom stereocenters. The van der Waals surface area contributed by atoms with E-state index in [1.54, 1.807) is 11.0 Å². The number of likely N-dealkylation sites (tertiary alicyclic amines) is 1. The molecule has 7 heteroatoms. The smallest absolute Gasteiger partial charge is 0.416 e. The molecule has 3 rings (SSSR count). The Bertz CT molecular complexity index is 763. The number of benzene rings is 1. The highest BCUT2D eigenvalue weighted by molar-refractivity contribution is 5.71. The van der Waals surface area contributed by atoms with Crippen molar-refractivity contribution in [1.82, 2.24) is 4.90 Å². The Morgan fingerprint density at radius 2 is 1.96 bits per heavy atom. The zero-order valence-corrected chi connectivity index (χ0v) is 13.5. The fourth-order valence-corrected chi connectivity index (χ4v) is 3.48. The van der Waals surface area contributed by atoms with Gasteiger partial charge in [-0.2, -0.15) is 13.2 Å². The predicted octanol–water partition coefficient (Wildman–Crippen LogP) is 3.96. The van der Waals surface area contributed by atoms with Crippen LogP contribution in [0.25, 0.3) is 0 Å². The predicted molar refractivity (Wildman–Crippen MR) is 83.3 cm³/mol. The van der Waals surface area contributed by atoms with Crippen molar-refractivity contribution in [3.63, 3.8) is 0 Å². The van der Waals surface area contributed by atoms with Gasteiger partial charge < -0.3 is 5.11 Å². The molecule has 0 bridgehead atoms. The molecule has 134 valence electrons. The van der Waals surface area contributed by atoms with E-state index >= 15 is 0 Å². The summed E-state index contributed by atoms with van der Waals surface area (Å²) in [4.78, 5) is 12.9. The van der Waals surface area contributed by atoms with Gasteiger partial charge in [0.05, 0.1) is 17.0 Å². The van der Waals surface area contributed by atoms with Crippen molar-refractivity contribution in [2.45, 2.75) is 25.1 Å². The summed E-state index contributed by atoms with van der Waals surface area (Å²) in [5.41, 5.74) is -0.986. The van der Waals surface area contributed by atoms with Crippen molar-refractivity contribution < 1.29 is 27.5 Å². The van der Waals surface area contributed by atoms with Gasteiger partial charge in [-0.25, -0.2) is 4.39 Å². The Kier molecular flexibility index (Phi) is 4.23. The molecule has 0 radical (unpaired) electrons. The third kappa shape index (κ3) is 3.20. The number of carboxylic acids is 1. The maximum atomic E-state index is 13.9. The molecule has 0 aromatic heterocycles. The number of alkyl halides is 3. The van der Waals surface area contributed by atoms with Gasteiger partial charge in [-0.3, -0.25) is 9.69 Å². The summed E-state index contributed by atoms with van der Waals surface area (Å²) in [6.45, 7) is 2.23. The van der Waals surface area contributed by atoms with Crippen LogP contribution in [0.15, 0.2) is 42.0 Å². The maximum absolute atomic E-state index is 13.9. The summed E-state index contributed by atoms with van der Waals surface area (Å²) >= 11 is 0. The van der Waals surface area contributed by atoms with Crippen molar-refractivity contribution in [1.29, 1.82) is 0 Å². The van der Waals surface area contributed by atoms with E-state index in [9.17, 15) is 22.4 Å². The second kappa shape index (κ2) is 5.98. The Morgan fingerprint density at radius 3 is 2.52 bits per heavy atom. The number of carbonyl (C=O) groups is 1. The summed E-state index contributed by atoms with van der Waals surface area (Å²) in [6.07, 6.45) is 1.16. The number of hydrogen-bond donors (Lipinski definition) is 1. The Hall–Kier alpha value is -2.15. The van der Waals surface area contributed by atoms with E-state index in [0.717, 1.165) is 17.7 Å². The third-order valence-corrected chi connectivity index (χ3v) is 4.80. The standard InChI is InChI=1S/C18H17F4NO2/c1-11-3-2-4-17(8-11,23-9-12(10-23)16(24)25)13-5-14(18(20,21)22)7-15(19)6-13/h2-3,5-8,12H,4,9-10H2,1H3,(H,24,25). The van der Waals surface area contributed by atoms with Crippen molar-refractivity contribution in [3.8, 4) is 0 Å². The Labute approximate surface area is 142 Å². The van der Waals surface area contributed by atoms with Gasteiger partial charge in [0.1, 0.15) is 5.82 Å². The van der Waals surface area contributed by atoms with Crippen LogP contribution in [0, 0.1) is 11.7 Å². The van der Waals surface area contributed by atoms with Gasteiger partial charge in [-0.15, -0.1) is 0 Å². The SMILES string of the molecule is CC1=CC(c2cc(F)cc(C(F)(F)F)c2)(N2CC(C(=O)O)C2)CC=C1. The normalized spacial score (nSPS) is 24.8. The number of nitrogens with zero attached hydrogens (tertiary/aromatic N) is 1. The van der Waals surface area contributed by atoms with E-state index < -0.39 is 35.0 Å². The van der Waals surface area contributed by atoms with Gasteiger partial charge >= 0.3 is 12.1 Å². The highest BCUT2D eigenvalue weighted by Crippen LogP contribution is 2.44. The molecule has 0 amide bonds. The fraction of sp³-hybridized carbons (Fsp3) is 0.389. The van der Waals surface area contributed by atoms with Crippen LogP contribution in [0.5, 0.6) is 0 Å². The van der Waals surface area contributed by atoms with Gasteiger partial charge in [0.2, 0.25) is 0 Å². The van der Waals surface area contributed by atoms with E-state index in [-0.39, 0.29) is 18.7 Å². The van der Waals surface area contributed by atoms with E-state index in [0.29, 0.717) is 12.5 Å². The minimum absolute atomic E-state index is 0.187. The highest BCUT2D eigenvalue weighted by atomic mass is 19.4. The number of rotatable bonds is 3. The molecule has 2 aliphatic rings. The first-order valence-corrected chi connectivity index (χ1v) is 7.84. The van der Waals surface area contributed by atoms with E-state index in [4.69, 9.17) is 5.11 Å². The molecule has 1 heterocycles. The van der Waals surface area contributed by atoms with Crippen molar-refractivity contribution in [2.24, 2.45) is 5.92 Å². The summed E-state index contributed by atoms with van der Waals surface area (Å²) in [5, 5.41) is 9.09. The van der Waals surface area contributed by atoms with Crippen LogP contribution < -0.4 is 0 Å². The van der Waals surface area contributed by atoms with Gasteiger partial charge in [-0.05, 0) is 37.1 Å². The summed E-state index contributed by atoms with van der Waals surface area (Å²) in [7, 11) is 0. The van der Waals surface area contributed by atoms with Gasteiger partial charge in [0.15, 0.2) is 0 Å². The van der Waals surface area contributed by atoms with Crippen LogP contribution in [0.1, 0.15) is 24.5 Å². The topological polar surface area (TPSA) is 40.5 Å². The first kappa shape index (κ1) is 17.7. The molecule has 1 aliphatic heterocycles. The summed E-state index contributed by atoms with van der Waals surface area (Å²) in [6, 6.07) is 2.54. The average molecular weight is 355 g/mol. The molecule has 0 spiro atoms. The van der Waals surface area contributed by atoms with Gasteiger partial charge in [0, 0.05) is 13.1 Å². The first-order chi connectivity index (χ1) is 11.6. The van der Waals surface area contributed by atoms with Gasteiger partial charge in [0.25, 0.3) is 0 Å². The van der Waals surface area contributed by atoms with Gasteiger partial charge in [-0.1, -0.05) is 23.8 Å². The molecule has 1 aromatic rings. The van der Waals surface area contributed by atoms with Crippen LogP contribution in [-0.4, -0.2) is 29.1 Å². The molecule has 1 fully saturated rings. The zero-order valence-electron chi connectivity index (χ0n) is 13.5. The number of allylic oxidation sites excluding steroid dienone is 2. The minimum Gasteiger partial charge on any atom is -0.481 e. The molecule has 25 heavy (non-hydrogen) atoms. The molecule has 1 aliphatic carbocycles. The summed E-state index contributed by atoms with van der Waals surface area (Å²) in [5.74, 6) is -2.46. The molecule has 0 saturated carbocycles. The van der Waals surface area contributed by atoms with Crippen LogP contribution in [0.2, 0.25) is 0 Å². The largest absolute Gasteiger partial charge is 0.481 e. The monoisotopic (exact) mass is 355 g/mol. The number of hydrogen-bond acceptors (Lipinski definition) is 2. The van der Waals surface area contributed by atoms with E-state index in [1.165, 1.54) is 0 Å². The van der Waals surface area contributed by atoms with Crippen molar-refractivity contribution >= 4 is 5.97 Å². The second-order valence-corrected chi connectivity index (χ2v) is 6.59. The molecule has 1 saturated heterocycles. The van der Waals surface area contributed by atoms with E-state index in [1.807, 2.05) is 19.1 Å². The van der Waals surface area contributed by atoms with Crippen molar-refractivity contribution in [2.75, 3.05) is 13.1 Å². The lowest BCUT2D eigenvalue weighted by Gasteiger charge is -2.51. The average Bonchev–Trinajstić information content (AvgIpc) is 2.43. The fourth-order valence-electron chi connectivity index (χ4n) is 3.48. The molecular formula is C18H17F4NO2. The zero-order chi connectivity index (χ0) is 18.4. The van der Waals surface area contributed by atoms with Crippen LogP contribution in [0.4, 0.5) is 17.6 Å². The summed E-state index contributed by atoms with van der Waals surface area (Å²) < 4.78 is 53.2. The maximum Gasteiger partial charge on any atom is 0.416 e. The Balaban J connectivity index is 2.07. The number of carboxylic acid groups (broad SMARTS) is 1. The lowest BCUT2D eigenvalue weighted by atomic mass is 9.76. The quantitative estimate of drug-likeness (QED) is 0.835. The van der Waals surface area contributed by atoms with Crippen molar-refractivity contribution in [3.05, 3.63) is 58.9 Å². The second-order valence-electron chi connectivity index (χ2n) is 6.59. The Morgan fingerprint density at radius 1 is 1.28 bits per heavy atom. The molecule has 3 nitrogen and oxygen atoms in total. The number of halogens is 4. The lowest BCUT2D eigenvalue weighted by molar-refractivity contribution is -0.150.